The Labute approximate surface area is 123 Å². The Morgan fingerprint density at radius 3 is 2.74 bits per heavy atom. The Kier molecular flexibility index (Phi) is 5.19. The molecule has 0 bridgehead atoms. The molecule has 5 heteroatoms. The third-order valence-corrected chi connectivity index (χ3v) is 3.63. The zero-order valence-corrected chi connectivity index (χ0v) is 13.2. The summed E-state index contributed by atoms with van der Waals surface area (Å²) in [6, 6.07) is 2.05. The molecule has 0 amide bonds. The molecular weight excluding hydrogens is 308 g/mol. The van der Waals surface area contributed by atoms with Gasteiger partial charge in [0.25, 0.3) is 0 Å². The van der Waals surface area contributed by atoms with Gasteiger partial charge < -0.3 is 14.8 Å². The maximum Gasteiger partial charge on any atom is 0.218 e. The minimum absolute atomic E-state index is 0.183. The number of hydrogen-bond acceptors (Lipinski definition) is 4. The first kappa shape index (κ1) is 14.8. The lowest BCUT2D eigenvalue weighted by atomic mass is 10.0. The van der Waals surface area contributed by atoms with Crippen molar-refractivity contribution >= 4 is 15.9 Å². The standard InChI is InChI=1S/C14H21BrN2O2/c1-9-4-13(5-10(2)18-9)19-14-11(7-16-3)6-12(15)8-17-14/h6,8-10,13,16H,4-5,7H2,1-3H3. The first-order valence-electron chi connectivity index (χ1n) is 6.69. The van der Waals surface area contributed by atoms with Crippen molar-refractivity contribution < 1.29 is 9.47 Å². The number of halogens is 1. The van der Waals surface area contributed by atoms with Gasteiger partial charge in [-0.3, -0.25) is 0 Å². The van der Waals surface area contributed by atoms with Crippen molar-refractivity contribution in [2.75, 3.05) is 7.05 Å². The SMILES string of the molecule is CNCc1cc(Br)cnc1OC1CC(C)OC(C)C1. The number of nitrogens with one attached hydrogen (secondary N) is 1. The van der Waals surface area contributed by atoms with Crippen molar-refractivity contribution in [3.8, 4) is 5.88 Å². The second-order valence-corrected chi connectivity index (χ2v) is 6.03. The Morgan fingerprint density at radius 1 is 1.42 bits per heavy atom. The van der Waals surface area contributed by atoms with Crippen LogP contribution in [0.2, 0.25) is 0 Å². The van der Waals surface area contributed by atoms with Crippen LogP contribution in [0.4, 0.5) is 0 Å². The Morgan fingerprint density at radius 2 is 2.11 bits per heavy atom. The summed E-state index contributed by atoms with van der Waals surface area (Å²) in [5.74, 6) is 0.726. The quantitative estimate of drug-likeness (QED) is 0.922. The summed E-state index contributed by atoms with van der Waals surface area (Å²) in [6.45, 7) is 4.93. The Hall–Kier alpha value is -0.650. The average molecular weight is 329 g/mol. The van der Waals surface area contributed by atoms with Gasteiger partial charge in [0, 0.05) is 35.6 Å². The smallest absolute Gasteiger partial charge is 0.218 e. The molecule has 0 radical (unpaired) electrons. The van der Waals surface area contributed by atoms with E-state index in [2.05, 4.69) is 40.1 Å². The predicted molar refractivity (Wildman–Crippen MR) is 78.4 cm³/mol. The summed E-state index contributed by atoms with van der Waals surface area (Å²) in [7, 11) is 1.92. The van der Waals surface area contributed by atoms with E-state index in [1.165, 1.54) is 0 Å². The normalized spacial score (nSPS) is 27.3. The van der Waals surface area contributed by atoms with Gasteiger partial charge in [0.15, 0.2) is 0 Å². The van der Waals surface area contributed by atoms with E-state index >= 15 is 0 Å². The van der Waals surface area contributed by atoms with Gasteiger partial charge in [-0.1, -0.05) is 0 Å². The molecule has 1 aromatic rings. The van der Waals surface area contributed by atoms with Crippen LogP contribution in [0.3, 0.4) is 0 Å². The Bertz CT molecular complexity index is 418. The van der Waals surface area contributed by atoms with Gasteiger partial charge in [-0.15, -0.1) is 0 Å². The molecule has 2 unspecified atom stereocenters. The third-order valence-electron chi connectivity index (χ3n) is 3.19. The van der Waals surface area contributed by atoms with E-state index in [1.54, 1.807) is 6.20 Å². The second kappa shape index (κ2) is 6.68. The van der Waals surface area contributed by atoms with Gasteiger partial charge in [0.1, 0.15) is 6.10 Å². The molecule has 4 nitrogen and oxygen atoms in total. The lowest BCUT2D eigenvalue weighted by molar-refractivity contribution is -0.0731. The van der Waals surface area contributed by atoms with E-state index in [9.17, 15) is 0 Å². The summed E-state index contributed by atoms with van der Waals surface area (Å²) < 4.78 is 12.8. The van der Waals surface area contributed by atoms with E-state index in [1.807, 2.05) is 13.1 Å². The molecule has 106 valence electrons. The van der Waals surface area contributed by atoms with Gasteiger partial charge in [0.2, 0.25) is 5.88 Å². The van der Waals surface area contributed by atoms with Crippen LogP contribution in [0.15, 0.2) is 16.7 Å². The van der Waals surface area contributed by atoms with E-state index in [0.29, 0.717) is 0 Å². The molecule has 1 saturated heterocycles. The molecule has 1 aromatic heterocycles. The molecule has 0 spiro atoms. The van der Waals surface area contributed by atoms with Gasteiger partial charge in [-0.05, 0) is 42.9 Å². The van der Waals surface area contributed by atoms with Gasteiger partial charge in [0.05, 0.1) is 12.2 Å². The van der Waals surface area contributed by atoms with E-state index in [-0.39, 0.29) is 18.3 Å². The first-order valence-corrected chi connectivity index (χ1v) is 7.49. The van der Waals surface area contributed by atoms with Crippen LogP contribution in [0.5, 0.6) is 5.88 Å². The highest BCUT2D eigenvalue weighted by molar-refractivity contribution is 9.10. The van der Waals surface area contributed by atoms with Crippen LogP contribution in [-0.4, -0.2) is 30.3 Å². The van der Waals surface area contributed by atoms with Crippen molar-refractivity contribution in [2.24, 2.45) is 0 Å². The minimum atomic E-state index is 0.183. The van der Waals surface area contributed by atoms with Crippen LogP contribution in [0.25, 0.3) is 0 Å². The van der Waals surface area contributed by atoms with Crippen molar-refractivity contribution in [2.45, 2.75) is 51.5 Å². The number of hydrogen-bond donors (Lipinski definition) is 1. The summed E-state index contributed by atoms with van der Waals surface area (Å²) in [6.07, 6.45) is 4.29. The summed E-state index contributed by atoms with van der Waals surface area (Å²) >= 11 is 3.44. The van der Waals surface area contributed by atoms with Crippen molar-refractivity contribution in [1.82, 2.24) is 10.3 Å². The lowest BCUT2D eigenvalue weighted by Crippen LogP contribution is -2.36. The van der Waals surface area contributed by atoms with Crippen molar-refractivity contribution in [1.29, 1.82) is 0 Å². The first-order chi connectivity index (χ1) is 9.08. The maximum atomic E-state index is 6.08. The molecule has 2 atom stereocenters. The molecule has 1 aliphatic rings. The molecule has 1 aliphatic heterocycles. The van der Waals surface area contributed by atoms with Crippen LogP contribution < -0.4 is 10.1 Å². The molecular formula is C14H21BrN2O2. The maximum absolute atomic E-state index is 6.08. The predicted octanol–water partition coefficient (Wildman–Crippen LogP) is 2.90. The highest BCUT2D eigenvalue weighted by Crippen LogP contribution is 2.26. The number of aromatic nitrogens is 1. The lowest BCUT2D eigenvalue weighted by Gasteiger charge is -2.32. The fraction of sp³-hybridized carbons (Fsp3) is 0.643. The minimum Gasteiger partial charge on any atom is -0.474 e. The molecule has 19 heavy (non-hydrogen) atoms. The van der Waals surface area contributed by atoms with Gasteiger partial charge in [-0.2, -0.15) is 0 Å². The number of rotatable bonds is 4. The highest BCUT2D eigenvalue weighted by atomic mass is 79.9. The second-order valence-electron chi connectivity index (χ2n) is 5.12. The van der Waals surface area contributed by atoms with Crippen LogP contribution in [0, 0.1) is 0 Å². The molecule has 1 N–H and O–H groups in total. The monoisotopic (exact) mass is 328 g/mol. The fourth-order valence-electron chi connectivity index (χ4n) is 2.49. The average Bonchev–Trinajstić information content (AvgIpc) is 2.32. The van der Waals surface area contributed by atoms with Crippen molar-refractivity contribution in [3.05, 3.63) is 22.3 Å². The van der Waals surface area contributed by atoms with Crippen LogP contribution in [0.1, 0.15) is 32.3 Å². The third kappa shape index (κ3) is 4.16. The van der Waals surface area contributed by atoms with Crippen molar-refractivity contribution in [3.63, 3.8) is 0 Å². The highest BCUT2D eigenvalue weighted by Gasteiger charge is 2.26. The number of pyridine rings is 1. The Balaban J connectivity index is 2.09. The molecule has 0 aliphatic carbocycles. The number of nitrogens with zero attached hydrogens (tertiary/aromatic N) is 1. The molecule has 0 aromatic carbocycles. The van der Waals surface area contributed by atoms with Crippen LogP contribution in [-0.2, 0) is 11.3 Å². The topological polar surface area (TPSA) is 43.4 Å². The van der Waals surface area contributed by atoms with Gasteiger partial charge in [-0.25, -0.2) is 4.98 Å². The zero-order chi connectivity index (χ0) is 13.8. The van der Waals surface area contributed by atoms with E-state index in [4.69, 9.17) is 9.47 Å². The molecule has 2 heterocycles. The van der Waals surface area contributed by atoms with Crippen LogP contribution >= 0.6 is 15.9 Å². The summed E-state index contributed by atoms with van der Waals surface area (Å²) in [5, 5.41) is 3.14. The van der Waals surface area contributed by atoms with Gasteiger partial charge >= 0.3 is 0 Å². The molecule has 2 rings (SSSR count). The molecule has 0 saturated carbocycles. The summed E-state index contributed by atoms with van der Waals surface area (Å²) in [5.41, 5.74) is 1.07. The zero-order valence-electron chi connectivity index (χ0n) is 11.6. The summed E-state index contributed by atoms with van der Waals surface area (Å²) in [4.78, 5) is 4.39. The number of ether oxygens (including phenoxy) is 2. The fourth-order valence-corrected chi connectivity index (χ4v) is 2.87. The van der Waals surface area contributed by atoms with E-state index in [0.717, 1.165) is 35.3 Å². The largest absolute Gasteiger partial charge is 0.474 e. The van der Waals surface area contributed by atoms with E-state index < -0.39 is 0 Å². The molecule has 1 fully saturated rings.